The first-order valence-electron chi connectivity index (χ1n) is 8.62. The third-order valence-corrected chi connectivity index (χ3v) is 6.66. The molecule has 3 aromatic carbocycles. The van der Waals surface area contributed by atoms with Gasteiger partial charge in [0.05, 0.1) is 10.5 Å². The van der Waals surface area contributed by atoms with E-state index in [-0.39, 0.29) is 6.54 Å². The fourth-order valence-corrected chi connectivity index (χ4v) is 5.08. The number of rotatable bonds is 5. The van der Waals surface area contributed by atoms with Gasteiger partial charge in [-0.1, -0.05) is 60.7 Å². The van der Waals surface area contributed by atoms with Crippen LogP contribution in [0.1, 0.15) is 11.1 Å². The van der Waals surface area contributed by atoms with Crippen LogP contribution in [-0.4, -0.2) is 27.7 Å². The van der Waals surface area contributed by atoms with Gasteiger partial charge in [-0.25, -0.2) is 13.1 Å². The summed E-state index contributed by atoms with van der Waals surface area (Å²) in [6.45, 7) is 0.240. The molecule has 0 aliphatic heterocycles. The average Bonchev–Trinajstić information content (AvgIpc) is 3.05. The first-order chi connectivity index (χ1) is 12.5. The van der Waals surface area contributed by atoms with Crippen LogP contribution in [0.25, 0.3) is 10.8 Å². The summed E-state index contributed by atoms with van der Waals surface area (Å²) in [4.78, 5) is 0.303. The number of methoxy groups -OCH3 is 1. The van der Waals surface area contributed by atoms with Crippen molar-refractivity contribution in [3.05, 3.63) is 77.9 Å². The van der Waals surface area contributed by atoms with Crippen molar-refractivity contribution >= 4 is 20.8 Å². The van der Waals surface area contributed by atoms with Crippen molar-refractivity contribution in [2.75, 3.05) is 13.7 Å². The zero-order chi connectivity index (χ0) is 18.2. The maximum Gasteiger partial charge on any atom is 0.241 e. The second kappa shape index (κ2) is 6.50. The van der Waals surface area contributed by atoms with Gasteiger partial charge in [0.1, 0.15) is 0 Å². The van der Waals surface area contributed by atoms with Crippen LogP contribution in [0.15, 0.2) is 71.6 Å². The molecule has 0 amide bonds. The number of fused-ring (bicyclic) bond motifs is 2. The largest absolute Gasteiger partial charge is 0.376 e. The Bertz CT molecular complexity index is 1030. The Kier molecular flexibility index (Phi) is 4.31. The highest BCUT2D eigenvalue weighted by atomic mass is 32.2. The van der Waals surface area contributed by atoms with Crippen molar-refractivity contribution in [2.24, 2.45) is 0 Å². The second-order valence-electron chi connectivity index (χ2n) is 6.81. The molecule has 1 N–H and O–H groups in total. The molecule has 0 radical (unpaired) electrons. The van der Waals surface area contributed by atoms with Crippen molar-refractivity contribution in [2.45, 2.75) is 23.3 Å². The lowest BCUT2D eigenvalue weighted by Gasteiger charge is -2.27. The Morgan fingerprint density at radius 2 is 1.54 bits per heavy atom. The first-order valence-corrected chi connectivity index (χ1v) is 10.1. The van der Waals surface area contributed by atoms with E-state index >= 15 is 0 Å². The summed E-state index contributed by atoms with van der Waals surface area (Å²) >= 11 is 0. The molecular formula is C21H21NO3S. The van der Waals surface area contributed by atoms with Gasteiger partial charge in [-0.15, -0.1) is 0 Å². The van der Waals surface area contributed by atoms with E-state index in [1.54, 1.807) is 19.2 Å². The van der Waals surface area contributed by atoms with Crippen molar-refractivity contribution in [3.63, 3.8) is 0 Å². The fraction of sp³-hybridized carbons (Fsp3) is 0.238. The summed E-state index contributed by atoms with van der Waals surface area (Å²) < 4.78 is 34.5. The van der Waals surface area contributed by atoms with E-state index in [1.807, 2.05) is 42.5 Å². The summed E-state index contributed by atoms with van der Waals surface area (Å²) in [7, 11) is -1.99. The fourth-order valence-electron chi connectivity index (χ4n) is 3.73. The predicted octanol–water partition coefficient (Wildman–Crippen LogP) is 3.30. The normalized spacial score (nSPS) is 15.9. The molecule has 0 heterocycles. The van der Waals surface area contributed by atoms with Crippen LogP contribution in [0, 0.1) is 0 Å². The van der Waals surface area contributed by atoms with Crippen LogP contribution in [-0.2, 0) is 27.6 Å². The van der Waals surface area contributed by atoms with E-state index in [2.05, 4.69) is 16.9 Å². The number of nitrogens with one attached hydrogen (secondary N) is 1. The average molecular weight is 367 g/mol. The Morgan fingerprint density at radius 3 is 2.23 bits per heavy atom. The van der Waals surface area contributed by atoms with Gasteiger partial charge in [0.15, 0.2) is 0 Å². The van der Waals surface area contributed by atoms with E-state index in [0.717, 1.165) is 10.8 Å². The topological polar surface area (TPSA) is 55.4 Å². The van der Waals surface area contributed by atoms with Crippen molar-refractivity contribution in [1.29, 1.82) is 0 Å². The quantitative estimate of drug-likeness (QED) is 0.753. The summed E-state index contributed by atoms with van der Waals surface area (Å²) in [5, 5.41) is 1.63. The van der Waals surface area contributed by atoms with Crippen molar-refractivity contribution < 1.29 is 13.2 Å². The van der Waals surface area contributed by atoms with Gasteiger partial charge in [0.25, 0.3) is 0 Å². The minimum atomic E-state index is -3.64. The van der Waals surface area contributed by atoms with E-state index in [9.17, 15) is 8.42 Å². The minimum Gasteiger partial charge on any atom is -0.376 e. The van der Waals surface area contributed by atoms with Gasteiger partial charge in [-0.3, -0.25) is 0 Å². The highest BCUT2D eigenvalue weighted by molar-refractivity contribution is 7.89. The molecule has 4 nitrogen and oxygen atoms in total. The molecule has 0 saturated carbocycles. The number of ether oxygens (including phenoxy) is 1. The lowest BCUT2D eigenvalue weighted by atomic mass is 10.0. The molecule has 0 unspecified atom stereocenters. The third-order valence-electron chi connectivity index (χ3n) is 5.20. The van der Waals surface area contributed by atoms with Gasteiger partial charge in [-0.2, -0.15) is 0 Å². The number of benzene rings is 3. The third kappa shape index (κ3) is 3.03. The molecule has 0 aromatic heterocycles. The number of sulfonamides is 1. The molecule has 0 spiro atoms. The first kappa shape index (κ1) is 17.2. The molecule has 0 atom stereocenters. The summed E-state index contributed by atoms with van der Waals surface area (Å²) in [6.07, 6.45) is 1.41. The van der Waals surface area contributed by atoms with Crippen molar-refractivity contribution in [1.82, 2.24) is 4.72 Å². The molecule has 5 heteroatoms. The maximum absolute atomic E-state index is 13.0. The molecule has 1 aliphatic rings. The second-order valence-corrected chi connectivity index (χ2v) is 8.55. The van der Waals surface area contributed by atoms with Gasteiger partial charge in [-0.05, 0) is 22.6 Å². The monoisotopic (exact) mass is 367 g/mol. The minimum absolute atomic E-state index is 0.240. The Balaban J connectivity index is 1.61. The predicted molar refractivity (Wildman–Crippen MR) is 103 cm³/mol. The highest BCUT2D eigenvalue weighted by Crippen LogP contribution is 2.32. The van der Waals surface area contributed by atoms with E-state index in [1.165, 1.54) is 11.1 Å². The Hall–Kier alpha value is -2.21. The summed E-state index contributed by atoms with van der Waals surface area (Å²) in [5.74, 6) is 0. The molecule has 26 heavy (non-hydrogen) atoms. The van der Waals surface area contributed by atoms with Crippen LogP contribution < -0.4 is 4.72 Å². The number of hydrogen-bond donors (Lipinski definition) is 1. The molecule has 0 bridgehead atoms. The van der Waals surface area contributed by atoms with Crippen LogP contribution >= 0.6 is 0 Å². The van der Waals surface area contributed by atoms with Gasteiger partial charge < -0.3 is 4.74 Å². The molecule has 3 aromatic rings. The maximum atomic E-state index is 13.0. The van der Waals surface area contributed by atoms with E-state index in [0.29, 0.717) is 17.7 Å². The summed E-state index contributed by atoms with van der Waals surface area (Å²) in [5.41, 5.74) is 1.90. The molecule has 0 fully saturated rings. The van der Waals surface area contributed by atoms with Crippen molar-refractivity contribution in [3.8, 4) is 0 Å². The number of hydrogen-bond acceptors (Lipinski definition) is 3. The Labute approximate surface area is 153 Å². The zero-order valence-electron chi connectivity index (χ0n) is 14.6. The van der Waals surface area contributed by atoms with E-state index in [4.69, 9.17) is 4.74 Å². The van der Waals surface area contributed by atoms with Crippen LogP contribution in [0.3, 0.4) is 0 Å². The standard InChI is InChI=1S/C21H21NO3S/c1-25-21(13-17-8-2-3-9-18(17)14-21)15-22-26(23,24)20-12-6-10-16-7-4-5-11-19(16)20/h2-12,22H,13-15H2,1H3. The highest BCUT2D eigenvalue weighted by Gasteiger charge is 2.38. The Morgan fingerprint density at radius 1 is 0.923 bits per heavy atom. The van der Waals surface area contributed by atoms with Crippen LogP contribution in [0.2, 0.25) is 0 Å². The van der Waals surface area contributed by atoms with Gasteiger partial charge in [0, 0.05) is 31.9 Å². The van der Waals surface area contributed by atoms with Crippen LogP contribution in [0.4, 0.5) is 0 Å². The molecule has 0 saturated heterocycles. The molecule has 134 valence electrons. The lowest BCUT2D eigenvalue weighted by Crippen LogP contribution is -2.45. The van der Waals surface area contributed by atoms with E-state index < -0.39 is 15.6 Å². The molecule has 1 aliphatic carbocycles. The molecule has 4 rings (SSSR count). The molecular weight excluding hydrogens is 346 g/mol. The smallest absolute Gasteiger partial charge is 0.241 e. The van der Waals surface area contributed by atoms with Crippen LogP contribution in [0.5, 0.6) is 0 Å². The summed E-state index contributed by atoms with van der Waals surface area (Å²) in [6, 6.07) is 21.0. The van der Waals surface area contributed by atoms with Gasteiger partial charge >= 0.3 is 0 Å². The zero-order valence-corrected chi connectivity index (χ0v) is 15.4. The SMILES string of the molecule is COC1(CNS(=O)(=O)c2cccc3ccccc23)Cc2ccccc2C1. The lowest BCUT2D eigenvalue weighted by molar-refractivity contribution is 0.00378. The van der Waals surface area contributed by atoms with Gasteiger partial charge in [0.2, 0.25) is 10.0 Å².